The fraction of sp³-hybridized carbons (Fsp3) is 0.462. The molecule has 1 aliphatic rings. The van der Waals surface area contributed by atoms with Gasteiger partial charge in [0.1, 0.15) is 0 Å². The minimum Gasteiger partial charge on any atom is -0.378 e. The van der Waals surface area contributed by atoms with Gasteiger partial charge < -0.3 is 9.80 Å². The first kappa shape index (κ1) is 11.0. The van der Waals surface area contributed by atoms with E-state index in [-0.39, 0.29) is 5.91 Å². The molecule has 0 saturated heterocycles. The number of carbonyl (C=O) groups is 1. The molecular weight excluding hydrogens is 200 g/mol. The predicted octanol–water partition coefficient (Wildman–Crippen LogP) is 2.01. The Morgan fingerprint density at radius 2 is 1.88 bits per heavy atom. The molecule has 0 atom stereocenters. The molecule has 0 spiro atoms. The standard InChI is InChI=1S/C13H18N2O/c1-13(2)10-8-9(14(3)4)6-7-11(10)15(5)12(13)16/h6-8H,1-5H3. The van der Waals surface area contributed by atoms with Crippen LogP contribution in [0.4, 0.5) is 11.4 Å². The molecule has 0 unspecified atom stereocenters. The third-order valence-electron chi connectivity index (χ3n) is 3.37. The Balaban J connectivity index is 2.61. The lowest BCUT2D eigenvalue weighted by Gasteiger charge is -2.18. The normalized spacial score (nSPS) is 17.6. The number of amides is 1. The first-order valence-electron chi connectivity index (χ1n) is 5.45. The van der Waals surface area contributed by atoms with E-state index >= 15 is 0 Å². The van der Waals surface area contributed by atoms with E-state index in [0.29, 0.717) is 0 Å². The maximum Gasteiger partial charge on any atom is 0.236 e. The summed E-state index contributed by atoms with van der Waals surface area (Å²) < 4.78 is 0. The number of fused-ring (bicyclic) bond motifs is 1. The van der Waals surface area contributed by atoms with Gasteiger partial charge in [0.05, 0.1) is 5.41 Å². The van der Waals surface area contributed by atoms with Gasteiger partial charge in [-0.25, -0.2) is 0 Å². The number of hydrogen-bond acceptors (Lipinski definition) is 2. The van der Waals surface area contributed by atoms with Gasteiger partial charge in [-0.3, -0.25) is 4.79 Å². The lowest BCUT2D eigenvalue weighted by Crippen LogP contribution is -2.33. The first-order valence-corrected chi connectivity index (χ1v) is 5.45. The molecule has 1 amide bonds. The molecule has 0 radical (unpaired) electrons. The summed E-state index contributed by atoms with van der Waals surface area (Å²) in [5.41, 5.74) is 2.87. The SMILES string of the molecule is CN(C)c1ccc2c(c1)C(C)(C)C(=O)N2C. The van der Waals surface area contributed by atoms with Crippen LogP contribution in [0.15, 0.2) is 18.2 Å². The van der Waals surface area contributed by atoms with Crippen molar-refractivity contribution in [3.05, 3.63) is 23.8 Å². The quantitative estimate of drug-likeness (QED) is 0.720. The molecule has 0 saturated carbocycles. The number of nitrogens with zero attached hydrogens (tertiary/aromatic N) is 2. The minimum absolute atomic E-state index is 0.165. The van der Waals surface area contributed by atoms with Gasteiger partial charge in [-0.2, -0.15) is 0 Å². The Morgan fingerprint density at radius 1 is 1.25 bits per heavy atom. The second-order valence-electron chi connectivity index (χ2n) is 5.09. The molecule has 1 aliphatic heterocycles. The van der Waals surface area contributed by atoms with Crippen molar-refractivity contribution in [2.75, 3.05) is 30.9 Å². The molecule has 1 aromatic rings. The minimum atomic E-state index is -0.407. The highest BCUT2D eigenvalue weighted by Crippen LogP contribution is 2.42. The van der Waals surface area contributed by atoms with E-state index < -0.39 is 5.41 Å². The maximum atomic E-state index is 12.1. The molecule has 16 heavy (non-hydrogen) atoms. The van der Waals surface area contributed by atoms with Crippen LogP contribution in [0.2, 0.25) is 0 Å². The monoisotopic (exact) mass is 218 g/mol. The second kappa shape index (κ2) is 3.24. The third-order valence-corrected chi connectivity index (χ3v) is 3.37. The van der Waals surface area contributed by atoms with Crippen LogP contribution in [0.1, 0.15) is 19.4 Å². The molecular formula is C13H18N2O. The van der Waals surface area contributed by atoms with Crippen LogP contribution >= 0.6 is 0 Å². The summed E-state index contributed by atoms with van der Waals surface area (Å²) in [6.07, 6.45) is 0. The predicted molar refractivity (Wildman–Crippen MR) is 67.2 cm³/mol. The highest BCUT2D eigenvalue weighted by atomic mass is 16.2. The van der Waals surface area contributed by atoms with E-state index in [1.807, 2.05) is 47.1 Å². The van der Waals surface area contributed by atoms with Gasteiger partial charge in [0.25, 0.3) is 0 Å². The molecule has 3 heteroatoms. The molecule has 0 bridgehead atoms. The van der Waals surface area contributed by atoms with E-state index in [4.69, 9.17) is 0 Å². The third kappa shape index (κ3) is 1.31. The topological polar surface area (TPSA) is 23.6 Å². The summed E-state index contributed by atoms with van der Waals surface area (Å²) >= 11 is 0. The van der Waals surface area contributed by atoms with Gasteiger partial charge >= 0.3 is 0 Å². The van der Waals surface area contributed by atoms with Gasteiger partial charge in [0, 0.05) is 32.5 Å². The van der Waals surface area contributed by atoms with Crippen molar-refractivity contribution in [2.24, 2.45) is 0 Å². The van der Waals surface area contributed by atoms with Crippen molar-refractivity contribution < 1.29 is 4.79 Å². The van der Waals surface area contributed by atoms with Gasteiger partial charge in [-0.05, 0) is 37.6 Å². The van der Waals surface area contributed by atoms with Crippen molar-refractivity contribution in [1.82, 2.24) is 0 Å². The first-order chi connectivity index (χ1) is 7.35. The average molecular weight is 218 g/mol. The summed E-state index contributed by atoms with van der Waals surface area (Å²) in [4.78, 5) is 15.9. The lowest BCUT2D eigenvalue weighted by atomic mass is 9.86. The summed E-state index contributed by atoms with van der Waals surface area (Å²) in [6, 6.07) is 6.18. The zero-order chi connectivity index (χ0) is 12.1. The van der Waals surface area contributed by atoms with Crippen molar-refractivity contribution in [1.29, 1.82) is 0 Å². The van der Waals surface area contributed by atoms with Gasteiger partial charge in [-0.1, -0.05) is 0 Å². The Labute approximate surface area is 96.7 Å². The summed E-state index contributed by atoms with van der Waals surface area (Å²) in [5, 5.41) is 0. The van der Waals surface area contributed by atoms with Crippen LogP contribution < -0.4 is 9.80 Å². The smallest absolute Gasteiger partial charge is 0.236 e. The average Bonchev–Trinajstić information content (AvgIpc) is 2.40. The molecule has 1 heterocycles. The highest BCUT2D eigenvalue weighted by molar-refractivity contribution is 6.07. The largest absolute Gasteiger partial charge is 0.378 e. The maximum absolute atomic E-state index is 12.1. The fourth-order valence-corrected chi connectivity index (χ4v) is 2.24. The molecule has 0 N–H and O–H groups in total. The van der Waals surface area contributed by atoms with Crippen LogP contribution in [0, 0.1) is 0 Å². The van der Waals surface area contributed by atoms with Crippen molar-refractivity contribution in [3.8, 4) is 0 Å². The molecule has 0 fully saturated rings. The Kier molecular flexibility index (Phi) is 2.22. The number of carbonyl (C=O) groups excluding carboxylic acids is 1. The fourth-order valence-electron chi connectivity index (χ4n) is 2.24. The van der Waals surface area contributed by atoms with Crippen molar-refractivity contribution >= 4 is 17.3 Å². The molecule has 0 aliphatic carbocycles. The highest BCUT2D eigenvalue weighted by Gasteiger charge is 2.42. The molecule has 3 nitrogen and oxygen atoms in total. The van der Waals surface area contributed by atoms with E-state index in [0.717, 1.165) is 16.9 Å². The number of hydrogen-bond donors (Lipinski definition) is 0. The lowest BCUT2D eigenvalue weighted by molar-refractivity contribution is -0.121. The Bertz CT molecular complexity index is 449. The molecule has 2 rings (SSSR count). The van der Waals surface area contributed by atoms with Gasteiger partial charge in [-0.15, -0.1) is 0 Å². The van der Waals surface area contributed by atoms with Crippen molar-refractivity contribution in [2.45, 2.75) is 19.3 Å². The van der Waals surface area contributed by atoms with E-state index in [2.05, 4.69) is 11.0 Å². The second-order valence-corrected chi connectivity index (χ2v) is 5.09. The van der Waals surface area contributed by atoms with Gasteiger partial charge in [0.15, 0.2) is 0 Å². The van der Waals surface area contributed by atoms with Crippen LogP contribution in [-0.2, 0) is 10.2 Å². The zero-order valence-electron chi connectivity index (χ0n) is 10.5. The molecule has 0 aromatic heterocycles. The zero-order valence-corrected chi connectivity index (χ0v) is 10.5. The molecule has 1 aromatic carbocycles. The number of anilines is 2. The summed E-state index contributed by atoms with van der Waals surface area (Å²) in [7, 11) is 5.86. The van der Waals surface area contributed by atoms with Gasteiger partial charge in [0.2, 0.25) is 5.91 Å². The van der Waals surface area contributed by atoms with Crippen LogP contribution in [0.5, 0.6) is 0 Å². The number of likely N-dealkylation sites (N-methyl/N-ethyl adjacent to an activating group) is 1. The summed E-state index contributed by atoms with van der Waals surface area (Å²) in [6.45, 7) is 3.97. The Morgan fingerprint density at radius 3 is 2.44 bits per heavy atom. The summed E-state index contributed by atoms with van der Waals surface area (Å²) in [5.74, 6) is 0.165. The van der Waals surface area contributed by atoms with E-state index in [1.165, 1.54) is 0 Å². The van der Waals surface area contributed by atoms with E-state index in [9.17, 15) is 4.79 Å². The van der Waals surface area contributed by atoms with Crippen LogP contribution in [0.25, 0.3) is 0 Å². The molecule has 86 valence electrons. The van der Waals surface area contributed by atoms with Crippen molar-refractivity contribution in [3.63, 3.8) is 0 Å². The Hall–Kier alpha value is -1.51. The van der Waals surface area contributed by atoms with Crippen LogP contribution in [-0.4, -0.2) is 27.1 Å². The number of rotatable bonds is 1. The van der Waals surface area contributed by atoms with E-state index in [1.54, 1.807) is 4.90 Å². The number of benzene rings is 1. The van der Waals surface area contributed by atoms with Crippen LogP contribution in [0.3, 0.4) is 0 Å².